The molecule has 2 aromatic carbocycles. The number of carbonyl (C=O) groups excluding carboxylic acids is 2. The topological polar surface area (TPSA) is 65.0 Å². The summed E-state index contributed by atoms with van der Waals surface area (Å²) in [5, 5.41) is 3.14. The molecule has 1 unspecified atom stereocenters. The highest BCUT2D eigenvalue weighted by Crippen LogP contribution is 2.14. The van der Waals surface area contributed by atoms with E-state index in [0.29, 0.717) is 11.5 Å². The Bertz CT molecular complexity index is 948. The van der Waals surface area contributed by atoms with Crippen LogP contribution in [0.1, 0.15) is 27.9 Å². The number of guanidine groups is 1. The van der Waals surface area contributed by atoms with Crippen molar-refractivity contribution in [2.45, 2.75) is 25.9 Å². The Morgan fingerprint density at radius 2 is 1.73 bits per heavy atom. The molecule has 30 heavy (non-hydrogen) atoms. The summed E-state index contributed by atoms with van der Waals surface area (Å²) in [5.41, 5.74) is 2.77. The molecule has 1 N–H and O–H groups in total. The average Bonchev–Trinajstić information content (AvgIpc) is 3.11. The molecule has 2 aliphatic rings. The van der Waals surface area contributed by atoms with Crippen LogP contribution in [0, 0.1) is 12.7 Å². The summed E-state index contributed by atoms with van der Waals surface area (Å²) in [6, 6.07) is 13.3. The Labute approximate surface area is 175 Å². The van der Waals surface area contributed by atoms with Crippen molar-refractivity contribution < 1.29 is 14.0 Å². The molecule has 1 atom stereocenters. The number of amides is 1. The van der Waals surface area contributed by atoms with Crippen LogP contribution >= 0.6 is 0 Å². The SMILES string of the molecule is Cc1ccc(C(=O)CC2NC(N3CCN(Cc4ccc(F)cc4)CC3)=NC2=O)cc1. The van der Waals surface area contributed by atoms with Crippen molar-refractivity contribution in [2.24, 2.45) is 4.99 Å². The maximum Gasteiger partial charge on any atom is 0.271 e. The summed E-state index contributed by atoms with van der Waals surface area (Å²) in [4.78, 5) is 33.3. The van der Waals surface area contributed by atoms with Crippen molar-refractivity contribution >= 4 is 17.6 Å². The van der Waals surface area contributed by atoms with Gasteiger partial charge in [-0.2, -0.15) is 4.99 Å². The fourth-order valence-electron chi connectivity index (χ4n) is 3.74. The van der Waals surface area contributed by atoms with Crippen LogP contribution in [0.2, 0.25) is 0 Å². The number of piperazine rings is 1. The quantitative estimate of drug-likeness (QED) is 0.770. The van der Waals surface area contributed by atoms with Crippen LogP contribution in [-0.2, 0) is 11.3 Å². The number of benzene rings is 2. The Kier molecular flexibility index (Phi) is 5.90. The molecule has 1 fully saturated rings. The second kappa shape index (κ2) is 8.75. The molecule has 2 aliphatic heterocycles. The number of Topliss-reactive ketones (excluding diaryl/α,β-unsaturated/α-hetero) is 1. The molecule has 1 amide bonds. The standard InChI is InChI=1S/C23H25FN4O2/c1-16-2-6-18(7-3-16)21(29)14-20-22(30)26-23(25-20)28-12-10-27(11-13-28)15-17-4-8-19(24)9-5-17/h2-9,20H,10-15H2,1H3,(H,25,26,30). The summed E-state index contributed by atoms with van der Waals surface area (Å²) in [7, 11) is 0. The normalized spacial score (nSPS) is 19.5. The monoisotopic (exact) mass is 408 g/mol. The van der Waals surface area contributed by atoms with Gasteiger partial charge in [-0.3, -0.25) is 14.5 Å². The predicted molar refractivity (Wildman–Crippen MR) is 113 cm³/mol. The van der Waals surface area contributed by atoms with Crippen LogP contribution in [0.15, 0.2) is 53.5 Å². The molecule has 2 aromatic rings. The number of nitrogens with one attached hydrogen (secondary N) is 1. The van der Waals surface area contributed by atoms with Crippen LogP contribution in [-0.4, -0.2) is 59.7 Å². The molecule has 0 saturated carbocycles. The van der Waals surface area contributed by atoms with Gasteiger partial charge >= 0.3 is 0 Å². The van der Waals surface area contributed by atoms with Crippen molar-refractivity contribution in [3.63, 3.8) is 0 Å². The fraction of sp³-hybridized carbons (Fsp3) is 0.348. The first kappa shape index (κ1) is 20.2. The first-order chi connectivity index (χ1) is 14.5. The van der Waals surface area contributed by atoms with Gasteiger partial charge in [-0.25, -0.2) is 4.39 Å². The first-order valence-electron chi connectivity index (χ1n) is 10.2. The lowest BCUT2D eigenvalue weighted by Gasteiger charge is -2.35. The molecule has 4 rings (SSSR count). The number of carbonyl (C=O) groups is 2. The zero-order valence-corrected chi connectivity index (χ0v) is 17.0. The smallest absolute Gasteiger partial charge is 0.271 e. The number of nitrogens with zero attached hydrogens (tertiary/aromatic N) is 3. The summed E-state index contributed by atoms with van der Waals surface area (Å²) in [5.74, 6) is -0.0299. The fourth-order valence-corrected chi connectivity index (χ4v) is 3.74. The van der Waals surface area contributed by atoms with Crippen LogP contribution in [0.3, 0.4) is 0 Å². The van der Waals surface area contributed by atoms with Gasteiger partial charge in [0.05, 0.1) is 0 Å². The molecule has 0 bridgehead atoms. The minimum atomic E-state index is -0.606. The Balaban J connectivity index is 1.28. The van der Waals surface area contributed by atoms with Gasteiger partial charge < -0.3 is 10.2 Å². The molecule has 156 valence electrons. The summed E-state index contributed by atoms with van der Waals surface area (Å²) in [6.07, 6.45) is 0.0967. The molecule has 7 heteroatoms. The van der Waals surface area contributed by atoms with Crippen molar-refractivity contribution in [3.05, 3.63) is 71.0 Å². The molecular weight excluding hydrogens is 383 g/mol. The third-order valence-corrected chi connectivity index (χ3v) is 5.57. The first-order valence-corrected chi connectivity index (χ1v) is 10.2. The lowest BCUT2D eigenvalue weighted by Crippen LogP contribution is -2.52. The number of hydrogen-bond donors (Lipinski definition) is 1. The summed E-state index contributed by atoms with van der Waals surface area (Å²) < 4.78 is 13.1. The van der Waals surface area contributed by atoms with Gasteiger partial charge in [0.25, 0.3) is 5.91 Å². The minimum Gasteiger partial charge on any atom is -0.343 e. The van der Waals surface area contributed by atoms with Gasteiger partial charge in [-0.1, -0.05) is 42.0 Å². The van der Waals surface area contributed by atoms with Crippen LogP contribution in [0.25, 0.3) is 0 Å². The van der Waals surface area contributed by atoms with Crippen molar-refractivity contribution in [1.29, 1.82) is 0 Å². The molecule has 0 radical (unpaired) electrons. The predicted octanol–water partition coefficient (Wildman–Crippen LogP) is 2.38. The number of hydrogen-bond acceptors (Lipinski definition) is 5. The lowest BCUT2D eigenvalue weighted by atomic mass is 10.0. The molecule has 2 heterocycles. The molecule has 1 saturated heterocycles. The zero-order chi connectivity index (χ0) is 21.1. The lowest BCUT2D eigenvalue weighted by molar-refractivity contribution is -0.118. The van der Waals surface area contributed by atoms with E-state index >= 15 is 0 Å². The largest absolute Gasteiger partial charge is 0.343 e. The van der Waals surface area contributed by atoms with Crippen LogP contribution < -0.4 is 5.32 Å². The Morgan fingerprint density at radius 3 is 2.40 bits per heavy atom. The maximum atomic E-state index is 13.1. The number of aryl methyl sites for hydroxylation is 1. The maximum absolute atomic E-state index is 13.1. The van der Waals surface area contributed by atoms with Crippen molar-refractivity contribution in [1.82, 2.24) is 15.1 Å². The van der Waals surface area contributed by atoms with E-state index in [1.807, 2.05) is 19.1 Å². The van der Waals surface area contributed by atoms with E-state index < -0.39 is 6.04 Å². The second-order valence-corrected chi connectivity index (χ2v) is 7.85. The van der Waals surface area contributed by atoms with E-state index in [9.17, 15) is 14.0 Å². The van der Waals surface area contributed by atoms with E-state index in [-0.39, 0.29) is 23.9 Å². The van der Waals surface area contributed by atoms with E-state index in [0.717, 1.165) is 43.9 Å². The van der Waals surface area contributed by atoms with E-state index in [1.165, 1.54) is 12.1 Å². The number of rotatable bonds is 5. The van der Waals surface area contributed by atoms with E-state index in [1.54, 1.807) is 24.3 Å². The van der Waals surface area contributed by atoms with Gasteiger partial charge in [0.15, 0.2) is 5.78 Å². The number of aliphatic imine (C=N–C) groups is 1. The highest BCUT2D eigenvalue weighted by atomic mass is 19.1. The molecule has 0 aliphatic carbocycles. The Hall–Kier alpha value is -3.06. The van der Waals surface area contributed by atoms with Gasteiger partial charge in [-0.15, -0.1) is 0 Å². The van der Waals surface area contributed by atoms with Crippen LogP contribution in [0.4, 0.5) is 4.39 Å². The third-order valence-electron chi connectivity index (χ3n) is 5.57. The second-order valence-electron chi connectivity index (χ2n) is 7.85. The molecule has 0 aromatic heterocycles. The van der Waals surface area contributed by atoms with Crippen molar-refractivity contribution in [3.8, 4) is 0 Å². The molecular formula is C23H25FN4O2. The van der Waals surface area contributed by atoms with Crippen molar-refractivity contribution in [2.75, 3.05) is 26.2 Å². The van der Waals surface area contributed by atoms with Gasteiger partial charge in [0.2, 0.25) is 5.96 Å². The summed E-state index contributed by atoms with van der Waals surface area (Å²) in [6.45, 7) is 5.84. The highest BCUT2D eigenvalue weighted by molar-refractivity contribution is 6.07. The number of ketones is 1. The summed E-state index contributed by atoms with van der Waals surface area (Å²) >= 11 is 0. The molecule has 0 spiro atoms. The van der Waals surface area contributed by atoms with Crippen LogP contribution in [0.5, 0.6) is 0 Å². The molecule has 6 nitrogen and oxygen atoms in total. The third kappa shape index (κ3) is 4.74. The minimum absolute atomic E-state index is 0.0681. The number of halogens is 1. The highest BCUT2D eigenvalue weighted by Gasteiger charge is 2.32. The van der Waals surface area contributed by atoms with E-state index in [2.05, 4.69) is 20.1 Å². The Morgan fingerprint density at radius 1 is 1.07 bits per heavy atom. The van der Waals surface area contributed by atoms with Gasteiger partial charge in [-0.05, 0) is 24.6 Å². The van der Waals surface area contributed by atoms with E-state index in [4.69, 9.17) is 0 Å². The van der Waals surface area contributed by atoms with Gasteiger partial charge in [0.1, 0.15) is 11.9 Å². The zero-order valence-electron chi connectivity index (χ0n) is 17.0. The van der Waals surface area contributed by atoms with Gasteiger partial charge in [0, 0.05) is 44.7 Å². The average molecular weight is 408 g/mol.